The van der Waals surface area contributed by atoms with Crippen molar-refractivity contribution in [1.29, 1.82) is 0 Å². The van der Waals surface area contributed by atoms with Gasteiger partial charge < -0.3 is 19.5 Å². The van der Waals surface area contributed by atoms with E-state index in [2.05, 4.69) is 5.32 Å². The lowest BCUT2D eigenvalue weighted by Gasteiger charge is -2.28. The molecule has 6 heteroatoms. The first kappa shape index (κ1) is 13.3. The largest absolute Gasteiger partial charge is 0.493 e. The first-order chi connectivity index (χ1) is 9.21. The number of carbonyl (C=O) groups excluding carboxylic acids is 1. The summed E-state index contributed by atoms with van der Waals surface area (Å²) in [5, 5.41) is 2.81. The second-order valence-corrected chi connectivity index (χ2v) is 4.12. The molecule has 104 valence electrons. The SMILES string of the molecule is COc1cc(N2CCCNC2=O)cc(OC)c1OC. The Bertz CT molecular complexity index is 451. The Hall–Kier alpha value is -2.11. The number of methoxy groups -OCH3 is 3. The number of urea groups is 1. The fourth-order valence-electron chi connectivity index (χ4n) is 2.10. The normalized spacial score (nSPS) is 14.9. The Kier molecular flexibility index (Phi) is 3.99. The topological polar surface area (TPSA) is 60.0 Å². The van der Waals surface area contributed by atoms with Crippen molar-refractivity contribution in [1.82, 2.24) is 5.32 Å². The molecule has 0 bridgehead atoms. The van der Waals surface area contributed by atoms with E-state index in [-0.39, 0.29) is 6.03 Å². The molecule has 0 atom stereocenters. The molecular weight excluding hydrogens is 248 g/mol. The minimum atomic E-state index is -0.111. The predicted molar refractivity (Wildman–Crippen MR) is 71.5 cm³/mol. The summed E-state index contributed by atoms with van der Waals surface area (Å²) in [6.07, 6.45) is 0.905. The van der Waals surface area contributed by atoms with Gasteiger partial charge in [0.05, 0.1) is 27.0 Å². The summed E-state index contributed by atoms with van der Waals surface area (Å²) in [5.41, 5.74) is 0.728. The van der Waals surface area contributed by atoms with Crippen molar-refractivity contribution < 1.29 is 19.0 Å². The van der Waals surface area contributed by atoms with Crippen molar-refractivity contribution in [3.05, 3.63) is 12.1 Å². The first-order valence-electron chi connectivity index (χ1n) is 6.06. The van der Waals surface area contributed by atoms with Gasteiger partial charge in [-0.25, -0.2) is 4.79 Å². The maximum absolute atomic E-state index is 11.9. The van der Waals surface area contributed by atoms with Crippen LogP contribution in [0.2, 0.25) is 0 Å². The van der Waals surface area contributed by atoms with Crippen LogP contribution >= 0.6 is 0 Å². The van der Waals surface area contributed by atoms with E-state index in [4.69, 9.17) is 14.2 Å². The van der Waals surface area contributed by atoms with Gasteiger partial charge in [0.25, 0.3) is 0 Å². The van der Waals surface area contributed by atoms with E-state index in [0.29, 0.717) is 30.3 Å². The zero-order valence-corrected chi connectivity index (χ0v) is 11.4. The average molecular weight is 266 g/mol. The second-order valence-electron chi connectivity index (χ2n) is 4.12. The van der Waals surface area contributed by atoms with Crippen LogP contribution in [0.25, 0.3) is 0 Å². The van der Waals surface area contributed by atoms with Gasteiger partial charge in [-0.15, -0.1) is 0 Å². The number of nitrogens with one attached hydrogen (secondary N) is 1. The molecule has 2 rings (SSSR count). The highest BCUT2D eigenvalue weighted by atomic mass is 16.5. The van der Waals surface area contributed by atoms with Gasteiger partial charge >= 0.3 is 6.03 Å². The Morgan fingerprint density at radius 1 is 1.11 bits per heavy atom. The number of amides is 2. The smallest absolute Gasteiger partial charge is 0.321 e. The zero-order chi connectivity index (χ0) is 13.8. The lowest BCUT2D eigenvalue weighted by molar-refractivity contribution is 0.243. The first-order valence-corrected chi connectivity index (χ1v) is 6.06. The van der Waals surface area contributed by atoms with E-state index in [1.165, 1.54) is 0 Å². The van der Waals surface area contributed by atoms with Crippen LogP contribution in [0, 0.1) is 0 Å². The summed E-state index contributed by atoms with van der Waals surface area (Å²) in [7, 11) is 4.66. The minimum Gasteiger partial charge on any atom is -0.493 e. The third-order valence-electron chi connectivity index (χ3n) is 3.04. The number of nitrogens with zero attached hydrogens (tertiary/aromatic N) is 1. The molecule has 0 saturated carbocycles. The number of anilines is 1. The number of rotatable bonds is 4. The van der Waals surface area contributed by atoms with E-state index in [0.717, 1.165) is 12.1 Å². The minimum absolute atomic E-state index is 0.111. The van der Waals surface area contributed by atoms with E-state index >= 15 is 0 Å². The molecule has 19 heavy (non-hydrogen) atoms. The van der Waals surface area contributed by atoms with Crippen molar-refractivity contribution in [2.75, 3.05) is 39.3 Å². The number of benzene rings is 1. The van der Waals surface area contributed by atoms with Crippen LogP contribution in [-0.4, -0.2) is 40.5 Å². The molecule has 0 unspecified atom stereocenters. The summed E-state index contributed by atoms with van der Waals surface area (Å²) in [6, 6.07) is 3.43. The van der Waals surface area contributed by atoms with Gasteiger partial charge in [-0.3, -0.25) is 4.90 Å². The van der Waals surface area contributed by atoms with E-state index in [1.807, 2.05) is 0 Å². The summed E-state index contributed by atoms with van der Waals surface area (Å²) < 4.78 is 15.8. The van der Waals surface area contributed by atoms with Gasteiger partial charge in [-0.05, 0) is 6.42 Å². The van der Waals surface area contributed by atoms with Crippen molar-refractivity contribution in [2.45, 2.75) is 6.42 Å². The zero-order valence-electron chi connectivity index (χ0n) is 11.4. The summed E-state index contributed by atoms with van der Waals surface area (Å²) in [5.74, 6) is 1.59. The second kappa shape index (κ2) is 5.69. The lowest BCUT2D eigenvalue weighted by Crippen LogP contribution is -2.46. The van der Waals surface area contributed by atoms with Crippen LogP contribution < -0.4 is 24.4 Å². The monoisotopic (exact) mass is 266 g/mol. The standard InChI is InChI=1S/C13H18N2O4/c1-17-10-7-9(8-11(18-2)12(10)19-3)15-6-4-5-14-13(15)16/h7-8H,4-6H2,1-3H3,(H,14,16). The molecule has 1 aliphatic rings. The summed E-state index contributed by atoms with van der Waals surface area (Å²) in [6.45, 7) is 1.38. The maximum atomic E-state index is 11.9. The van der Waals surface area contributed by atoms with Crippen LogP contribution in [0.4, 0.5) is 10.5 Å². The summed E-state index contributed by atoms with van der Waals surface area (Å²) in [4.78, 5) is 13.5. The van der Waals surface area contributed by atoms with E-state index in [9.17, 15) is 4.79 Å². The average Bonchev–Trinajstić information content (AvgIpc) is 2.46. The molecule has 0 spiro atoms. The molecule has 1 saturated heterocycles. The number of hydrogen-bond acceptors (Lipinski definition) is 4. The highest BCUT2D eigenvalue weighted by Gasteiger charge is 2.22. The molecule has 1 N–H and O–H groups in total. The van der Waals surface area contributed by atoms with Crippen LogP contribution in [-0.2, 0) is 0 Å². The molecule has 0 radical (unpaired) electrons. The van der Waals surface area contributed by atoms with E-state index in [1.54, 1.807) is 38.4 Å². The Labute approximate surface area is 112 Å². The van der Waals surface area contributed by atoms with Crippen LogP contribution in [0.1, 0.15) is 6.42 Å². The fourth-order valence-corrected chi connectivity index (χ4v) is 2.10. The molecule has 2 amide bonds. The lowest BCUT2D eigenvalue weighted by atomic mass is 10.2. The van der Waals surface area contributed by atoms with Gasteiger partial charge in [0.1, 0.15) is 0 Å². The molecule has 1 heterocycles. The van der Waals surface area contributed by atoms with Gasteiger partial charge in [0, 0.05) is 25.2 Å². The Morgan fingerprint density at radius 2 is 1.74 bits per heavy atom. The highest BCUT2D eigenvalue weighted by molar-refractivity contribution is 5.93. The van der Waals surface area contributed by atoms with Gasteiger partial charge in [0.15, 0.2) is 11.5 Å². The quantitative estimate of drug-likeness (QED) is 0.900. The van der Waals surface area contributed by atoms with Crippen LogP contribution in [0.15, 0.2) is 12.1 Å². The van der Waals surface area contributed by atoms with Crippen molar-refractivity contribution in [3.8, 4) is 17.2 Å². The van der Waals surface area contributed by atoms with Crippen LogP contribution in [0.5, 0.6) is 17.2 Å². The fraction of sp³-hybridized carbons (Fsp3) is 0.462. The molecular formula is C13H18N2O4. The van der Waals surface area contributed by atoms with Gasteiger partial charge in [-0.2, -0.15) is 0 Å². The molecule has 0 aromatic heterocycles. The number of ether oxygens (including phenoxy) is 3. The van der Waals surface area contributed by atoms with Gasteiger partial charge in [0.2, 0.25) is 5.75 Å². The van der Waals surface area contributed by atoms with Gasteiger partial charge in [-0.1, -0.05) is 0 Å². The summed E-state index contributed by atoms with van der Waals surface area (Å²) >= 11 is 0. The van der Waals surface area contributed by atoms with Crippen LogP contribution in [0.3, 0.4) is 0 Å². The van der Waals surface area contributed by atoms with Crippen molar-refractivity contribution >= 4 is 11.7 Å². The molecule has 1 aliphatic heterocycles. The Morgan fingerprint density at radius 3 is 2.21 bits per heavy atom. The molecule has 0 aliphatic carbocycles. The van der Waals surface area contributed by atoms with Crippen molar-refractivity contribution in [3.63, 3.8) is 0 Å². The molecule has 1 aromatic rings. The third kappa shape index (κ3) is 2.52. The third-order valence-corrected chi connectivity index (χ3v) is 3.04. The molecule has 1 aromatic carbocycles. The van der Waals surface area contributed by atoms with E-state index < -0.39 is 0 Å². The van der Waals surface area contributed by atoms with Crippen molar-refractivity contribution in [2.24, 2.45) is 0 Å². The Balaban J connectivity index is 2.43. The molecule has 6 nitrogen and oxygen atoms in total. The maximum Gasteiger partial charge on any atom is 0.321 e. The molecule has 1 fully saturated rings. The predicted octanol–water partition coefficient (Wildman–Crippen LogP) is 1.63. The number of hydrogen-bond donors (Lipinski definition) is 1. The number of carbonyl (C=O) groups is 1. The highest BCUT2D eigenvalue weighted by Crippen LogP contribution is 2.41.